The van der Waals surface area contributed by atoms with Crippen LogP contribution < -0.4 is 10.2 Å². The zero-order valence-electron chi connectivity index (χ0n) is 20.2. The quantitative estimate of drug-likeness (QED) is 0.715. The third-order valence-electron chi connectivity index (χ3n) is 7.59. The second kappa shape index (κ2) is 9.13. The molecule has 3 aliphatic rings. The van der Waals surface area contributed by atoms with Gasteiger partial charge in [-0.1, -0.05) is 12.1 Å². The largest absolute Gasteiger partial charge is 0.366 e. The number of anilines is 2. The van der Waals surface area contributed by atoms with Crippen LogP contribution in [-0.2, 0) is 5.41 Å². The van der Waals surface area contributed by atoms with Gasteiger partial charge in [0.1, 0.15) is 6.17 Å². The highest BCUT2D eigenvalue weighted by Gasteiger charge is 2.45. The highest BCUT2D eigenvalue weighted by Crippen LogP contribution is 2.43. The average molecular weight is 472 g/mol. The molecule has 9 nitrogen and oxygen atoms in total. The first kappa shape index (κ1) is 23.0. The van der Waals surface area contributed by atoms with Crippen molar-refractivity contribution in [3.8, 4) is 0 Å². The fourth-order valence-corrected chi connectivity index (χ4v) is 4.89. The SMILES string of the molecule is CC(C)N1CCN(c2cnccc2NC(=O)N2CCC(C)(c3noc([C@@H]4C[C@@H]4F)n3)CC2)CC1. The Hall–Kier alpha value is -2.75. The van der Waals surface area contributed by atoms with Crippen LogP contribution in [0.25, 0.3) is 0 Å². The number of rotatable bonds is 5. The Morgan fingerprint density at radius 3 is 2.56 bits per heavy atom. The van der Waals surface area contributed by atoms with Gasteiger partial charge in [-0.05, 0) is 39.2 Å². The van der Waals surface area contributed by atoms with E-state index in [0.29, 0.717) is 37.3 Å². The fourth-order valence-electron chi connectivity index (χ4n) is 4.89. The normalized spacial score (nSPS) is 25.0. The lowest BCUT2D eigenvalue weighted by molar-refractivity contribution is 0.169. The molecular formula is C24H34FN7O2. The van der Waals surface area contributed by atoms with Gasteiger partial charge in [0.15, 0.2) is 5.82 Å². The minimum atomic E-state index is -0.858. The molecule has 2 saturated heterocycles. The van der Waals surface area contributed by atoms with Crippen molar-refractivity contribution >= 4 is 17.4 Å². The van der Waals surface area contributed by atoms with Gasteiger partial charge < -0.3 is 19.6 Å². The monoisotopic (exact) mass is 471 g/mol. The molecule has 184 valence electrons. The average Bonchev–Trinajstić information content (AvgIpc) is 3.36. The number of halogens is 1. The van der Waals surface area contributed by atoms with E-state index in [1.54, 1.807) is 6.20 Å². The molecule has 4 heterocycles. The minimum Gasteiger partial charge on any atom is -0.366 e. The Morgan fingerprint density at radius 2 is 1.91 bits per heavy atom. The van der Waals surface area contributed by atoms with Crippen LogP contribution in [0.5, 0.6) is 0 Å². The summed E-state index contributed by atoms with van der Waals surface area (Å²) in [5, 5.41) is 7.25. The number of hydrogen-bond acceptors (Lipinski definition) is 7. The standard InChI is InChI=1S/C24H34FN7O2/c1-16(2)30-10-12-31(13-11-30)20-15-26-7-4-19(20)27-23(33)32-8-5-24(3,6-9-32)22-28-21(34-29-22)17-14-18(17)25/h4,7,15-18H,5-6,8-14H2,1-3H3,(H,26,27,33)/t17-,18+/m1/s1. The van der Waals surface area contributed by atoms with E-state index in [4.69, 9.17) is 4.52 Å². The van der Waals surface area contributed by atoms with E-state index < -0.39 is 6.17 Å². The van der Waals surface area contributed by atoms with Gasteiger partial charge in [-0.25, -0.2) is 9.18 Å². The predicted octanol–water partition coefficient (Wildman–Crippen LogP) is 3.41. The summed E-state index contributed by atoms with van der Waals surface area (Å²) in [5.41, 5.74) is 1.47. The number of hydrogen-bond donors (Lipinski definition) is 1. The minimum absolute atomic E-state index is 0.109. The van der Waals surface area contributed by atoms with Crippen LogP contribution in [0.2, 0.25) is 0 Å². The van der Waals surface area contributed by atoms with E-state index in [2.05, 4.69) is 51.0 Å². The molecule has 5 rings (SSSR count). The number of amides is 2. The molecule has 0 unspecified atom stereocenters. The Bertz CT molecular complexity index is 1010. The van der Waals surface area contributed by atoms with E-state index >= 15 is 0 Å². The van der Waals surface area contributed by atoms with Gasteiger partial charge >= 0.3 is 6.03 Å². The lowest BCUT2D eigenvalue weighted by Crippen LogP contribution is -2.49. The predicted molar refractivity (Wildman–Crippen MR) is 127 cm³/mol. The number of alkyl halides is 1. The van der Waals surface area contributed by atoms with Gasteiger partial charge in [-0.2, -0.15) is 4.98 Å². The Kier molecular flexibility index (Phi) is 6.18. The Labute approximate surface area is 199 Å². The summed E-state index contributed by atoms with van der Waals surface area (Å²) in [4.78, 5) is 28.5. The molecular weight excluding hydrogens is 437 g/mol. The number of nitrogens with one attached hydrogen (secondary N) is 1. The van der Waals surface area contributed by atoms with Crippen molar-refractivity contribution in [1.82, 2.24) is 24.9 Å². The molecule has 34 heavy (non-hydrogen) atoms. The van der Waals surface area contributed by atoms with Crippen LogP contribution >= 0.6 is 0 Å². The van der Waals surface area contributed by atoms with Gasteiger partial charge in [-0.3, -0.25) is 9.88 Å². The number of piperazine rings is 1. The first-order valence-corrected chi connectivity index (χ1v) is 12.3. The number of likely N-dealkylation sites (tertiary alicyclic amines) is 1. The number of pyridine rings is 1. The second-order valence-electron chi connectivity index (χ2n) is 10.3. The van der Waals surface area contributed by atoms with Gasteiger partial charge in [0.2, 0.25) is 5.89 Å². The van der Waals surface area contributed by atoms with Crippen LogP contribution in [-0.4, -0.2) is 82.4 Å². The summed E-state index contributed by atoms with van der Waals surface area (Å²) in [6, 6.07) is 2.29. The molecule has 1 N–H and O–H groups in total. The smallest absolute Gasteiger partial charge is 0.321 e. The molecule has 0 spiro atoms. The van der Waals surface area contributed by atoms with Gasteiger partial charge in [0, 0.05) is 56.9 Å². The molecule has 1 saturated carbocycles. The molecule has 2 aromatic heterocycles. The van der Waals surface area contributed by atoms with Crippen LogP contribution in [0.4, 0.5) is 20.6 Å². The summed E-state index contributed by atoms with van der Waals surface area (Å²) in [7, 11) is 0. The van der Waals surface area contributed by atoms with E-state index in [0.717, 1.165) is 50.4 Å². The maximum atomic E-state index is 13.3. The van der Waals surface area contributed by atoms with Crippen molar-refractivity contribution in [2.45, 2.75) is 63.6 Å². The zero-order valence-corrected chi connectivity index (χ0v) is 20.2. The second-order valence-corrected chi connectivity index (χ2v) is 10.3. The molecule has 0 aromatic carbocycles. The summed E-state index contributed by atoms with van der Waals surface area (Å²) in [6.07, 6.45) is 4.61. The number of carbonyl (C=O) groups excluding carboxylic acids is 1. The topological polar surface area (TPSA) is 90.6 Å². The maximum absolute atomic E-state index is 13.3. The maximum Gasteiger partial charge on any atom is 0.321 e. The Balaban J connectivity index is 1.19. The zero-order chi connectivity index (χ0) is 23.9. The molecule has 1 aliphatic carbocycles. The number of urea groups is 1. The summed E-state index contributed by atoms with van der Waals surface area (Å²) in [5.74, 6) is 0.792. The first-order valence-electron chi connectivity index (χ1n) is 12.3. The third-order valence-corrected chi connectivity index (χ3v) is 7.59. The van der Waals surface area contributed by atoms with Crippen LogP contribution in [0.15, 0.2) is 23.0 Å². The number of nitrogens with zero attached hydrogens (tertiary/aromatic N) is 6. The third kappa shape index (κ3) is 4.60. The molecule has 2 atom stereocenters. The van der Waals surface area contributed by atoms with Crippen molar-refractivity contribution in [3.63, 3.8) is 0 Å². The summed E-state index contributed by atoms with van der Waals surface area (Å²) < 4.78 is 18.6. The van der Waals surface area contributed by atoms with Gasteiger partial charge in [0.05, 0.1) is 23.5 Å². The van der Waals surface area contributed by atoms with Crippen LogP contribution in [0, 0.1) is 0 Å². The molecule has 2 amide bonds. The summed E-state index contributed by atoms with van der Waals surface area (Å²) >= 11 is 0. The van der Waals surface area contributed by atoms with Crippen molar-refractivity contribution in [2.75, 3.05) is 49.5 Å². The number of aromatic nitrogens is 3. The lowest BCUT2D eigenvalue weighted by atomic mass is 9.80. The van der Waals surface area contributed by atoms with Crippen LogP contribution in [0.3, 0.4) is 0 Å². The highest BCUT2D eigenvalue weighted by atomic mass is 19.1. The van der Waals surface area contributed by atoms with Crippen molar-refractivity contribution < 1.29 is 13.7 Å². The number of piperidine rings is 1. The molecule has 2 aliphatic heterocycles. The van der Waals surface area contributed by atoms with Crippen molar-refractivity contribution in [1.29, 1.82) is 0 Å². The van der Waals surface area contributed by atoms with Crippen LogP contribution in [0.1, 0.15) is 57.7 Å². The lowest BCUT2D eigenvalue weighted by Gasteiger charge is -2.39. The van der Waals surface area contributed by atoms with E-state index in [-0.39, 0.29) is 17.4 Å². The van der Waals surface area contributed by atoms with Crippen molar-refractivity contribution in [2.24, 2.45) is 0 Å². The molecule has 3 fully saturated rings. The molecule has 0 radical (unpaired) electrons. The van der Waals surface area contributed by atoms with Crippen molar-refractivity contribution in [3.05, 3.63) is 30.2 Å². The van der Waals surface area contributed by atoms with E-state index in [9.17, 15) is 9.18 Å². The Morgan fingerprint density at radius 1 is 1.21 bits per heavy atom. The van der Waals surface area contributed by atoms with E-state index in [1.165, 1.54) is 0 Å². The highest BCUT2D eigenvalue weighted by molar-refractivity contribution is 5.93. The first-order chi connectivity index (χ1) is 16.3. The molecule has 10 heteroatoms. The van der Waals surface area contributed by atoms with E-state index in [1.807, 2.05) is 17.2 Å². The number of carbonyl (C=O) groups is 1. The fraction of sp³-hybridized carbons (Fsp3) is 0.667. The summed E-state index contributed by atoms with van der Waals surface area (Å²) in [6.45, 7) is 11.5. The molecule has 2 aromatic rings. The van der Waals surface area contributed by atoms with Gasteiger partial charge in [-0.15, -0.1) is 0 Å². The molecule has 0 bridgehead atoms. The van der Waals surface area contributed by atoms with Gasteiger partial charge in [0.25, 0.3) is 0 Å².